The Morgan fingerprint density at radius 2 is 0.812 bits per heavy atom. The number of ether oxygens (including phenoxy) is 4. The zero-order valence-corrected chi connectivity index (χ0v) is 52.6. The van der Waals surface area contributed by atoms with E-state index in [4.69, 9.17) is 18.9 Å². The zero-order valence-electron chi connectivity index (χ0n) is 52.6. The summed E-state index contributed by atoms with van der Waals surface area (Å²) >= 11 is 0. The van der Waals surface area contributed by atoms with Gasteiger partial charge in [0.2, 0.25) is 5.91 Å². The van der Waals surface area contributed by atoms with E-state index in [1.54, 1.807) is 6.08 Å². The summed E-state index contributed by atoms with van der Waals surface area (Å²) in [4.78, 5) is 13.3. The van der Waals surface area contributed by atoms with Gasteiger partial charge in [0.1, 0.15) is 48.8 Å². The molecule has 0 aromatic rings. The Kier molecular flexibility index (Phi) is 49.7. The molecule has 2 aliphatic rings. The molecule has 0 bridgehead atoms. The Hall–Kier alpha value is -3.61. The van der Waals surface area contributed by atoms with Crippen molar-refractivity contribution in [2.75, 3.05) is 19.8 Å². The number of hydrogen-bond acceptors (Lipinski definition) is 13. The highest BCUT2D eigenvalue weighted by atomic mass is 16.7. The fourth-order valence-electron chi connectivity index (χ4n) is 10.1. The lowest BCUT2D eigenvalue weighted by atomic mass is 9.97. The molecule has 0 saturated carbocycles. The molecule has 0 aromatic carbocycles. The number of rotatable bonds is 52. The van der Waals surface area contributed by atoms with Crippen molar-refractivity contribution in [3.8, 4) is 0 Å². The number of aliphatic hydroxyl groups excluding tert-OH is 8. The average Bonchev–Trinajstić information content (AvgIpc) is 3.68. The Balaban J connectivity index is 1.74. The summed E-state index contributed by atoms with van der Waals surface area (Å²) in [7, 11) is 0. The minimum absolute atomic E-state index is 0.233. The number of amides is 1. The van der Waals surface area contributed by atoms with E-state index >= 15 is 0 Å². The van der Waals surface area contributed by atoms with Crippen LogP contribution in [-0.2, 0) is 23.7 Å². The third kappa shape index (κ3) is 39.1. The first kappa shape index (κ1) is 77.5. The molecule has 9 N–H and O–H groups in total. The summed E-state index contributed by atoms with van der Waals surface area (Å²) in [6, 6.07) is -0.943. The van der Waals surface area contributed by atoms with E-state index in [9.17, 15) is 45.6 Å². The third-order valence-corrected chi connectivity index (χ3v) is 15.4. The van der Waals surface area contributed by atoms with Crippen LogP contribution in [0.5, 0.6) is 0 Å². The molecule has 2 saturated heterocycles. The number of aliphatic hydroxyl groups is 8. The molecule has 0 radical (unpaired) electrons. The second-order valence-electron chi connectivity index (χ2n) is 22.9. The normalized spacial score (nSPS) is 24.4. The quantitative estimate of drug-likeness (QED) is 0.0204. The van der Waals surface area contributed by atoms with Crippen LogP contribution in [0.25, 0.3) is 0 Å². The lowest BCUT2D eigenvalue weighted by molar-refractivity contribution is -0.359. The predicted octanol–water partition coefficient (Wildman–Crippen LogP) is 12.9. The number of allylic oxidation sites excluding steroid dienone is 19. The van der Waals surface area contributed by atoms with Crippen molar-refractivity contribution in [2.45, 2.75) is 299 Å². The second kappa shape index (κ2) is 54.5. The number of hydrogen-bond donors (Lipinski definition) is 9. The van der Waals surface area contributed by atoms with Gasteiger partial charge in [0, 0.05) is 6.42 Å². The molecule has 14 nitrogen and oxygen atoms in total. The van der Waals surface area contributed by atoms with Crippen molar-refractivity contribution in [1.82, 2.24) is 5.32 Å². The van der Waals surface area contributed by atoms with Crippen LogP contribution < -0.4 is 5.32 Å². The predicted molar refractivity (Wildman–Crippen MR) is 345 cm³/mol. The Morgan fingerprint density at radius 1 is 0.435 bits per heavy atom. The minimum Gasteiger partial charge on any atom is -0.394 e. The van der Waals surface area contributed by atoms with Crippen molar-refractivity contribution in [1.29, 1.82) is 0 Å². The summed E-state index contributed by atoms with van der Waals surface area (Å²) < 4.78 is 22.8. The lowest BCUT2D eigenvalue weighted by Gasteiger charge is -2.46. The van der Waals surface area contributed by atoms with Gasteiger partial charge in [-0.1, -0.05) is 251 Å². The van der Waals surface area contributed by atoms with Crippen LogP contribution in [0.2, 0.25) is 0 Å². The highest BCUT2D eigenvalue weighted by Crippen LogP contribution is 2.30. The summed E-state index contributed by atoms with van der Waals surface area (Å²) in [5.74, 6) is -0.275. The van der Waals surface area contributed by atoms with E-state index in [-0.39, 0.29) is 18.9 Å². The van der Waals surface area contributed by atoms with Gasteiger partial charge in [0.15, 0.2) is 12.6 Å². The van der Waals surface area contributed by atoms with Gasteiger partial charge in [0.25, 0.3) is 0 Å². The Bertz CT molecular complexity index is 1890. The van der Waals surface area contributed by atoms with E-state index in [1.807, 2.05) is 6.08 Å². The van der Waals surface area contributed by atoms with Gasteiger partial charge >= 0.3 is 0 Å². The molecule has 2 fully saturated rings. The van der Waals surface area contributed by atoms with Gasteiger partial charge in [0.05, 0.1) is 32.0 Å². The maximum absolute atomic E-state index is 13.3. The molecule has 0 aliphatic carbocycles. The molecule has 12 atom stereocenters. The molecule has 85 heavy (non-hydrogen) atoms. The number of unbranched alkanes of at least 4 members (excludes halogenated alkanes) is 21. The maximum Gasteiger partial charge on any atom is 0.220 e. The van der Waals surface area contributed by atoms with Crippen LogP contribution in [0, 0.1) is 0 Å². The SMILES string of the molecule is CC/C=C\C/C=C\C/C=C\C/C=C\C/C=C\C/C=C\C/C=C\C/C=C\C/C=C\CCCCCC(=O)NC(COC1OC(CO)C(OC2OC(CO)C(O)C(O)C2O)C(O)C1O)C(O)/C=C/CCCCCCCCCCCCCCCCCCCC. The van der Waals surface area contributed by atoms with Crippen LogP contribution in [0.3, 0.4) is 0 Å². The number of nitrogens with one attached hydrogen (secondary N) is 1. The average molecular weight is 1190 g/mol. The number of carbonyl (C=O) groups is 1. The van der Waals surface area contributed by atoms with Crippen molar-refractivity contribution in [2.24, 2.45) is 0 Å². The molecule has 14 heteroatoms. The molecule has 2 heterocycles. The first-order valence-corrected chi connectivity index (χ1v) is 33.3. The first-order valence-electron chi connectivity index (χ1n) is 33.3. The van der Waals surface area contributed by atoms with Crippen molar-refractivity contribution >= 4 is 5.91 Å². The minimum atomic E-state index is -1.80. The van der Waals surface area contributed by atoms with Crippen LogP contribution in [0.1, 0.15) is 226 Å². The molecular formula is C71H119NO13. The molecule has 486 valence electrons. The number of carbonyl (C=O) groups excluding carboxylic acids is 1. The standard InChI is InChI=1S/C71H119NO13/c1-3-5-7-9-11-13-15-17-19-21-23-25-26-27-28-29-30-31-32-33-34-35-37-39-41-43-45-47-49-51-53-55-63(76)72-59(60(75)54-52-50-48-46-44-42-40-38-36-24-22-20-18-16-14-12-10-8-6-4-2)58-82-70-68(81)66(79)69(62(57-74)84-70)85-71-67(80)65(78)64(77)61(56-73)83-71/h5,7,11,13,17,19,23,25,27-28,30-31,33-34,37,39,43,45,52,54,59-62,64-71,73-75,77-81H,3-4,6,8-10,12,14-16,18,20-22,24,26,29,32,35-36,38,40-42,44,46-51,53,55-58H2,1-2H3,(H,72,76)/b7-5-,13-11-,19-17-,25-23-,28-27-,31-30-,34-33-,39-37-,45-43-,54-52+. The summed E-state index contributed by atoms with van der Waals surface area (Å²) in [6.07, 6.45) is 62.3. The summed E-state index contributed by atoms with van der Waals surface area (Å²) in [6.45, 7) is 2.66. The van der Waals surface area contributed by atoms with Crippen molar-refractivity contribution < 1.29 is 64.6 Å². The monoisotopic (exact) mass is 1190 g/mol. The highest BCUT2D eigenvalue weighted by Gasteiger charge is 2.51. The van der Waals surface area contributed by atoms with Crippen LogP contribution in [-0.4, -0.2) is 140 Å². The van der Waals surface area contributed by atoms with E-state index in [0.717, 1.165) is 96.3 Å². The van der Waals surface area contributed by atoms with Gasteiger partial charge in [-0.15, -0.1) is 0 Å². The lowest BCUT2D eigenvalue weighted by Crippen LogP contribution is -2.65. The van der Waals surface area contributed by atoms with Crippen molar-refractivity contribution in [3.63, 3.8) is 0 Å². The smallest absolute Gasteiger partial charge is 0.220 e. The van der Waals surface area contributed by atoms with Gasteiger partial charge in [-0.05, 0) is 89.9 Å². The summed E-state index contributed by atoms with van der Waals surface area (Å²) in [5.41, 5.74) is 0. The Labute approximate surface area is 514 Å². The summed E-state index contributed by atoms with van der Waals surface area (Å²) in [5, 5.41) is 87.3. The van der Waals surface area contributed by atoms with Crippen LogP contribution in [0.15, 0.2) is 122 Å². The van der Waals surface area contributed by atoms with E-state index in [0.29, 0.717) is 6.42 Å². The molecule has 2 aliphatic heterocycles. The first-order chi connectivity index (χ1) is 41.6. The van der Waals surface area contributed by atoms with E-state index < -0.39 is 86.8 Å². The zero-order chi connectivity index (χ0) is 61.6. The molecule has 12 unspecified atom stereocenters. The molecule has 2 rings (SSSR count). The highest BCUT2D eigenvalue weighted by molar-refractivity contribution is 5.76. The van der Waals surface area contributed by atoms with Crippen LogP contribution in [0.4, 0.5) is 0 Å². The van der Waals surface area contributed by atoms with Gasteiger partial charge in [-0.25, -0.2) is 0 Å². The molecule has 0 spiro atoms. The second-order valence-corrected chi connectivity index (χ2v) is 22.9. The van der Waals surface area contributed by atoms with E-state index in [1.165, 1.54) is 103 Å². The van der Waals surface area contributed by atoms with Gasteiger partial charge in [-0.2, -0.15) is 0 Å². The van der Waals surface area contributed by atoms with Crippen molar-refractivity contribution in [3.05, 3.63) is 122 Å². The Morgan fingerprint density at radius 3 is 1.25 bits per heavy atom. The van der Waals surface area contributed by atoms with Gasteiger partial charge < -0.3 is 65.1 Å². The van der Waals surface area contributed by atoms with Gasteiger partial charge in [-0.3, -0.25) is 4.79 Å². The molecular weight excluding hydrogens is 1070 g/mol. The largest absolute Gasteiger partial charge is 0.394 e. The fraction of sp³-hybridized carbons (Fsp3) is 0.704. The topological polar surface area (TPSA) is 228 Å². The van der Waals surface area contributed by atoms with E-state index in [2.05, 4.69) is 129 Å². The van der Waals surface area contributed by atoms with Crippen LogP contribution >= 0.6 is 0 Å². The molecule has 0 aromatic heterocycles. The fourth-order valence-corrected chi connectivity index (χ4v) is 10.1. The molecule has 1 amide bonds. The maximum atomic E-state index is 13.3. The third-order valence-electron chi connectivity index (χ3n) is 15.4.